The molecule has 0 N–H and O–H groups in total. The van der Waals surface area contributed by atoms with E-state index < -0.39 is 0 Å². The predicted molar refractivity (Wildman–Crippen MR) is 107 cm³/mol. The molecule has 0 fully saturated rings. The summed E-state index contributed by atoms with van der Waals surface area (Å²) in [5.41, 5.74) is 1.31. The molecular formula is C22H20OSe2. The molecule has 0 aliphatic rings. The molecule has 0 aliphatic carbocycles. The van der Waals surface area contributed by atoms with Crippen molar-refractivity contribution in [3.05, 3.63) is 96.6 Å². The zero-order valence-corrected chi connectivity index (χ0v) is 17.3. The van der Waals surface area contributed by atoms with E-state index in [9.17, 15) is 4.79 Å². The van der Waals surface area contributed by atoms with E-state index in [0.29, 0.717) is 0 Å². The zero-order chi connectivity index (χ0) is 17.4. The average Bonchev–Trinajstić information content (AvgIpc) is 2.68. The number of rotatable bonds is 8. The third-order valence-corrected chi connectivity index (χ3v) is 10.5. The van der Waals surface area contributed by atoms with Crippen molar-refractivity contribution < 1.29 is 4.79 Å². The van der Waals surface area contributed by atoms with Gasteiger partial charge >= 0.3 is 163 Å². The number of hydrogen-bond acceptors (Lipinski definition) is 1. The third kappa shape index (κ3) is 5.42. The second kappa shape index (κ2) is 9.17. The Labute approximate surface area is 162 Å². The van der Waals surface area contributed by atoms with Crippen LogP contribution in [0, 0.1) is 0 Å². The molecule has 3 aromatic rings. The molecule has 3 aromatic carbocycles. The maximum atomic E-state index is 12.3. The second-order valence-corrected chi connectivity index (χ2v) is 12.9. The van der Waals surface area contributed by atoms with Crippen LogP contribution in [0.5, 0.6) is 0 Å². The van der Waals surface area contributed by atoms with Crippen molar-refractivity contribution in [3.8, 4) is 0 Å². The third-order valence-electron chi connectivity index (χ3n) is 3.85. The van der Waals surface area contributed by atoms with Crippen molar-refractivity contribution in [2.75, 3.05) is 0 Å². The molecule has 0 atom stereocenters. The monoisotopic (exact) mass is 460 g/mol. The van der Waals surface area contributed by atoms with E-state index in [1.54, 1.807) is 0 Å². The van der Waals surface area contributed by atoms with Crippen molar-refractivity contribution in [2.45, 2.75) is 16.1 Å². The van der Waals surface area contributed by atoms with Crippen molar-refractivity contribution in [1.29, 1.82) is 0 Å². The van der Waals surface area contributed by atoms with Gasteiger partial charge in [0.1, 0.15) is 0 Å². The standard InChI is InChI=1S/C22H20OSe2/c23-18-22(24-20-12-6-2-7-13-20,25-21-14-8-3-9-15-21)17-16-19-10-4-1-5-11-19/h1-15,18H,16-17H2. The summed E-state index contributed by atoms with van der Waals surface area (Å²) in [6, 6.07) is 31.5. The fraction of sp³-hybridized carbons (Fsp3) is 0.136. The first-order valence-electron chi connectivity index (χ1n) is 8.28. The Morgan fingerprint density at radius 1 is 0.680 bits per heavy atom. The minimum absolute atomic E-state index is 0.126. The molecule has 25 heavy (non-hydrogen) atoms. The van der Waals surface area contributed by atoms with E-state index in [0.717, 1.165) is 12.8 Å². The van der Waals surface area contributed by atoms with Crippen LogP contribution in [-0.4, -0.2) is 36.2 Å². The Hall–Kier alpha value is -1.63. The minimum atomic E-state index is -0.251. The summed E-state index contributed by atoms with van der Waals surface area (Å²) in [6.45, 7) is 0. The molecule has 1 nitrogen and oxygen atoms in total. The van der Waals surface area contributed by atoms with Gasteiger partial charge in [0.15, 0.2) is 0 Å². The Balaban J connectivity index is 1.84. The molecule has 0 aliphatic heterocycles. The van der Waals surface area contributed by atoms with E-state index in [-0.39, 0.29) is 33.1 Å². The Morgan fingerprint density at radius 2 is 1.12 bits per heavy atom. The number of carbonyl (C=O) groups is 1. The van der Waals surface area contributed by atoms with E-state index in [1.807, 2.05) is 18.2 Å². The number of aryl methyl sites for hydroxylation is 1. The normalized spacial score (nSPS) is 11.2. The summed E-state index contributed by atoms with van der Waals surface area (Å²) >= 11 is 0.251. The summed E-state index contributed by atoms with van der Waals surface area (Å²) in [7, 11) is 0. The first-order chi connectivity index (χ1) is 12.3. The number of benzene rings is 3. The molecule has 3 heteroatoms. The zero-order valence-electron chi connectivity index (χ0n) is 13.9. The first kappa shape index (κ1) is 18.2. The van der Waals surface area contributed by atoms with Gasteiger partial charge in [0, 0.05) is 0 Å². The van der Waals surface area contributed by atoms with E-state index >= 15 is 0 Å². The van der Waals surface area contributed by atoms with Gasteiger partial charge in [-0.25, -0.2) is 0 Å². The van der Waals surface area contributed by atoms with Crippen LogP contribution in [0.1, 0.15) is 12.0 Å². The van der Waals surface area contributed by atoms with Crippen LogP contribution in [-0.2, 0) is 11.2 Å². The van der Waals surface area contributed by atoms with Gasteiger partial charge in [-0.2, -0.15) is 0 Å². The average molecular weight is 458 g/mol. The molecule has 3 rings (SSSR count). The van der Waals surface area contributed by atoms with Gasteiger partial charge < -0.3 is 0 Å². The van der Waals surface area contributed by atoms with Crippen LogP contribution in [0.2, 0.25) is 3.21 Å². The van der Waals surface area contributed by atoms with Crippen LogP contribution in [0.4, 0.5) is 0 Å². The van der Waals surface area contributed by atoms with Crippen LogP contribution in [0.25, 0.3) is 0 Å². The van der Waals surface area contributed by atoms with Crippen LogP contribution >= 0.6 is 0 Å². The van der Waals surface area contributed by atoms with Gasteiger partial charge in [0.2, 0.25) is 0 Å². The summed E-state index contributed by atoms with van der Waals surface area (Å²) in [4.78, 5) is 12.3. The van der Waals surface area contributed by atoms with Crippen LogP contribution < -0.4 is 8.92 Å². The van der Waals surface area contributed by atoms with E-state index in [2.05, 4.69) is 72.8 Å². The van der Waals surface area contributed by atoms with Gasteiger partial charge in [-0.1, -0.05) is 0 Å². The fourth-order valence-corrected chi connectivity index (χ4v) is 9.17. The number of aldehydes is 1. The number of carbonyl (C=O) groups excluding carboxylic acids is 1. The predicted octanol–water partition coefficient (Wildman–Crippen LogP) is 2.99. The quantitative estimate of drug-likeness (QED) is 0.375. The van der Waals surface area contributed by atoms with Gasteiger partial charge in [-0.3, -0.25) is 0 Å². The SMILES string of the molecule is O=CC(CCc1ccccc1)([Se]c1ccccc1)[Se]c1ccccc1. The van der Waals surface area contributed by atoms with Gasteiger partial charge in [0.25, 0.3) is 0 Å². The topological polar surface area (TPSA) is 17.1 Å². The molecule has 0 bridgehead atoms. The van der Waals surface area contributed by atoms with E-state index in [1.165, 1.54) is 20.8 Å². The molecule has 0 radical (unpaired) electrons. The van der Waals surface area contributed by atoms with Gasteiger partial charge in [-0.15, -0.1) is 0 Å². The van der Waals surface area contributed by atoms with E-state index in [4.69, 9.17) is 0 Å². The summed E-state index contributed by atoms with van der Waals surface area (Å²) in [5, 5.41) is 0. The molecule has 0 saturated carbocycles. The van der Waals surface area contributed by atoms with Crippen molar-refractivity contribution in [3.63, 3.8) is 0 Å². The molecule has 0 unspecified atom stereocenters. The van der Waals surface area contributed by atoms with Gasteiger partial charge in [0.05, 0.1) is 0 Å². The van der Waals surface area contributed by atoms with Crippen LogP contribution in [0.3, 0.4) is 0 Å². The molecule has 126 valence electrons. The summed E-state index contributed by atoms with van der Waals surface area (Å²) in [5.74, 6) is 0. The fourth-order valence-electron chi connectivity index (χ4n) is 2.57. The molecular weight excluding hydrogens is 438 g/mol. The molecule has 0 saturated heterocycles. The van der Waals surface area contributed by atoms with Crippen molar-refractivity contribution in [2.24, 2.45) is 0 Å². The molecule has 0 amide bonds. The second-order valence-electron chi connectivity index (χ2n) is 5.75. The Morgan fingerprint density at radius 3 is 1.56 bits per heavy atom. The molecule has 0 spiro atoms. The number of hydrogen-bond donors (Lipinski definition) is 0. The van der Waals surface area contributed by atoms with Crippen molar-refractivity contribution in [1.82, 2.24) is 0 Å². The van der Waals surface area contributed by atoms with Crippen molar-refractivity contribution >= 4 is 45.1 Å². The summed E-state index contributed by atoms with van der Waals surface area (Å²) < 4.78 is 2.35. The first-order valence-corrected chi connectivity index (χ1v) is 11.7. The molecule has 0 heterocycles. The van der Waals surface area contributed by atoms with Gasteiger partial charge in [-0.05, 0) is 0 Å². The maximum absolute atomic E-state index is 12.3. The summed E-state index contributed by atoms with van der Waals surface area (Å²) in [6.07, 6.45) is 3.10. The molecule has 0 aromatic heterocycles. The Bertz CT molecular complexity index is 731. The van der Waals surface area contributed by atoms with Crippen LogP contribution in [0.15, 0.2) is 91.0 Å². The Kier molecular flexibility index (Phi) is 6.67.